The van der Waals surface area contributed by atoms with Gasteiger partial charge >= 0.3 is 0 Å². The number of nitrogens with two attached hydrogens (primary N) is 1. The van der Waals surface area contributed by atoms with Crippen LogP contribution >= 0.6 is 11.3 Å². The molecule has 1 heterocycles. The summed E-state index contributed by atoms with van der Waals surface area (Å²) in [5.41, 5.74) is 8.87. The molecule has 0 unspecified atom stereocenters. The third-order valence-electron chi connectivity index (χ3n) is 3.24. The summed E-state index contributed by atoms with van der Waals surface area (Å²) in [5.74, 6) is 0. The predicted octanol–water partition coefficient (Wildman–Crippen LogP) is 2.76. The molecule has 0 saturated carbocycles. The molecule has 0 fully saturated rings. The minimum Gasteiger partial charge on any atom is -0.398 e. The smallest absolute Gasteiger partial charge is 0.263 e. The Hall–Kier alpha value is -1.60. The molecule has 0 aliphatic carbocycles. The van der Waals surface area contributed by atoms with Crippen LogP contribution in [0.15, 0.2) is 17.0 Å². The van der Waals surface area contributed by atoms with E-state index in [0.29, 0.717) is 10.8 Å². The SMILES string of the molecule is Cc1cc(S(=O)(=O)Nc2nc(C)c(C)s2)cc(N)c1C. The number of aromatic nitrogens is 1. The lowest BCUT2D eigenvalue weighted by Crippen LogP contribution is -2.13. The summed E-state index contributed by atoms with van der Waals surface area (Å²) in [6.07, 6.45) is 0. The predicted molar refractivity (Wildman–Crippen MR) is 82.7 cm³/mol. The van der Waals surface area contributed by atoms with Gasteiger partial charge in [0.05, 0.1) is 10.6 Å². The molecule has 20 heavy (non-hydrogen) atoms. The van der Waals surface area contributed by atoms with E-state index in [4.69, 9.17) is 5.73 Å². The third kappa shape index (κ3) is 2.78. The van der Waals surface area contributed by atoms with Gasteiger partial charge in [-0.3, -0.25) is 4.72 Å². The molecular formula is C13H17N3O2S2. The maximum atomic E-state index is 12.3. The van der Waals surface area contributed by atoms with Crippen molar-refractivity contribution in [3.8, 4) is 0 Å². The first-order chi connectivity index (χ1) is 9.20. The second-order valence-electron chi connectivity index (χ2n) is 4.72. The van der Waals surface area contributed by atoms with Crippen molar-refractivity contribution in [2.24, 2.45) is 0 Å². The molecule has 0 saturated heterocycles. The summed E-state index contributed by atoms with van der Waals surface area (Å²) in [6, 6.07) is 3.08. The molecule has 0 radical (unpaired) electrons. The van der Waals surface area contributed by atoms with E-state index in [2.05, 4.69) is 9.71 Å². The van der Waals surface area contributed by atoms with Crippen molar-refractivity contribution in [1.29, 1.82) is 0 Å². The van der Waals surface area contributed by atoms with Gasteiger partial charge in [0.15, 0.2) is 5.13 Å². The van der Waals surface area contributed by atoms with Gasteiger partial charge in [-0.2, -0.15) is 0 Å². The summed E-state index contributed by atoms with van der Waals surface area (Å²) in [7, 11) is -3.66. The second kappa shape index (κ2) is 5.06. The highest BCUT2D eigenvalue weighted by Gasteiger charge is 2.18. The standard InChI is InChI=1S/C13H17N3O2S2/c1-7-5-11(6-12(14)8(7)2)20(17,18)16-13-15-9(3)10(4)19-13/h5-6H,14H2,1-4H3,(H,15,16). The van der Waals surface area contributed by atoms with Crippen LogP contribution in [0.25, 0.3) is 0 Å². The Morgan fingerprint density at radius 2 is 1.85 bits per heavy atom. The number of rotatable bonds is 3. The average Bonchev–Trinajstić information content (AvgIpc) is 2.63. The molecule has 2 rings (SSSR count). The minimum atomic E-state index is -3.66. The fourth-order valence-electron chi connectivity index (χ4n) is 1.70. The number of nitrogens with one attached hydrogen (secondary N) is 1. The summed E-state index contributed by atoms with van der Waals surface area (Å²) in [5, 5.41) is 0.372. The molecule has 0 spiro atoms. The van der Waals surface area contributed by atoms with Crippen LogP contribution in [0.2, 0.25) is 0 Å². The highest BCUT2D eigenvalue weighted by Crippen LogP contribution is 2.26. The molecule has 0 aliphatic heterocycles. The summed E-state index contributed by atoms with van der Waals surface area (Å²) >= 11 is 1.31. The highest BCUT2D eigenvalue weighted by molar-refractivity contribution is 7.93. The van der Waals surface area contributed by atoms with Crippen LogP contribution in [0.5, 0.6) is 0 Å². The quantitative estimate of drug-likeness (QED) is 0.854. The minimum absolute atomic E-state index is 0.156. The van der Waals surface area contributed by atoms with Crippen molar-refractivity contribution < 1.29 is 8.42 Å². The van der Waals surface area contributed by atoms with E-state index in [0.717, 1.165) is 21.7 Å². The zero-order valence-electron chi connectivity index (χ0n) is 11.8. The zero-order valence-corrected chi connectivity index (χ0v) is 13.4. The fourth-order valence-corrected chi connectivity index (χ4v) is 3.87. The normalized spacial score (nSPS) is 11.6. The lowest BCUT2D eigenvalue weighted by atomic mass is 10.1. The largest absolute Gasteiger partial charge is 0.398 e. The first-order valence-corrected chi connectivity index (χ1v) is 8.34. The van der Waals surface area contributed by atoms with Crippen LogP contribution in [0.3, 0.4) is 0 Å². The Kier molecular flexibility index (Phi) is 3.75. The number of hydrogen-bond acceptors (Lipinski definition) is 5. The first-order valence-electron chi connectivity index (χ1n) is 6.04. The zero-order chi connectivity index (χ0) is 15.1. The molecule has 108 valence electrons. The van der Waals surface area contributed by atoms with Gasteiger partial charge in [0.1, 0.15) is 0 Å². The number of anilines is 2. The topological polar surface area (TPSA) is 85.1 Å². The van der Waals surface area contributed by atoms with E-state index in [1.807, 2.05) is 27.7 Å². The highest BCUT2D eigenvalue weighted by atomic mass is 32.2. The Labute approximate surface area is 122 Å². The van der Waals surface area contributed by atoms with Gasteiger partial charge in [-0.1, -0.05) is 0 Å². The van der Waals surface area contributed by atoms with E-state index in [1.165, 1.54) is 17.4 Å². The van der Waals surface area contributed by atoms with Crippen LogP contribution in [-0.4, -0.2) is 13.4 Å². The maximum Gasteiger partial charge on any atom is 0.263 e. The Balaban J connectivity index is 2.40. The van der Waals surface area contributed by atoms with Crippen LogP contribution < -0.4 is 10.5 Å². The van der Waals surface area contributed by atoms with Crippen LogP contribution in [0.4, 0.5) is 10.8 Å². The van der Waals surface area contributed by atoms with Crippen molar-refractivity contribution in [2.45, 2.75) is 32.6 Å². The van der Waals surface area contributed by atoms with Gasteiger partial charge in [-0.05, 0) is 51.0 Å². The summed E-state index contributed by atoms with van der Waals surface area (Å²) < 4.78 is 27.2. The number of nitrogen functional groups attached to an aromatic ring is 1. The number of aryl methyl sites for hydroxylation is 3. The number of nitrogens with zero attached hydrogens (tertiary/aromatic N) is 1. The lowest BCUT2D eigenvalue weighted by Gasteiger charge is -2.10. The van der Waals surface area contributed by atoms with Crippen LogP contribution in [0.1, 0.15) is 21.7 Å². The van der Waals surface area contributed by atoms with Gasteiger partial charge in [0, 0.05) is 10.6 Å². The average molecular weight is 311 g/mol. The van der Waals surface area contributed by atoms with E-state index in [1.54, 1.807) is 6.07 Å². The third-order valence-corrected chi connectivity index (χ3v) is 5.68. The van der Waals surface area contributed by atoms with Crippen LogP contribution in [-0.2, 0) is 10.0 Å². The van der Waals surface area contributed by atoms with E-state index >= 15 is 0 Å². The number of thiazole rings is 1. The van der Waals surface area contributed by atoms with Gasteiger partial charge in [-0.25, -0.2) is 13.4 Å². The van der Waals surface area contributed by atoms with Gasteiger partial charge in [0.2, 0.25) is 0 Å². The number of sulfonamides is 1. The first kappa shape index (κ1) is 14.8. The van der Waals surface area contributed by atoms with Crippen molar-refractivity contribution in [3.63, 3.8) is 0 Å². The molecule has 3 N–H and O–H groups in total. The molecule has 0 aliphatic rings. The summed E-state index contributed by atoms with van der Waals surface area (Å²) in [6.45, 7) is 7.45. The summed E-state index contributed by atoms with van der Waals surface area (Å²) in [4.78, 5) is 5.32. The van der Waals surface area contributed by atoms with E-state index < -0.39 is 10.0 Å². The fraction of sp³-hybridized carbons (Fsp3) is 0.308. The molecule has 1 aromatic heterocycles. The van der Waals surface area contributed by atoms with Crippen molar-refractivity contribution >= 4 is 32.2 Å². The van der Waals surface area contributed by atoms with E-state index in [9.17, 15) is 8.42 Å². The second-order valence-corrected chi connectivity index (χ2v) is 7.61. The number of hydrogen-bond donors (Lipinski definition) is 2. The maximum absolute atomic E-state index is 12.3. The molecular weight excluding hydrogens is 294 g/mol. The van der Waals surface area contributed by atoms with Gasteiger partial charge in [-0.15, -0.1) is 11.3 Å². The lowest BCUT2D eigenvalue weighted by molar-refractivity contribution is 0.601. The molecule has 1 aromatic carbocycles. The number of benzene rings is 1. The van der Waals surface area contributed by atoms with Crippen molar-refractivity contribution in [3.05, 3.63) is 33.8 Å². The van der Waals surface area contributed by atoms with Gasteiger partial charge < -0.3 is 5.73 Å². The Bertz CT molecular complexity index is 721. The monoisotopic (exact) mass is 311 g/mol. The molecule has 5 nitrogen and oxygen atoms in total. The van der Waals surface area contributed by atoms with Gasteiger partial charge in [0.25, 0.3) is 10.0 Å². The molecule has 7 heteroatoms. The van der Waals surface area contributed by atoms with Crippen molar-refractivity contribution in [2.75, 3.05) is 10.5 Å². The Morgan fingerprint density at radius 3 is 2.35 bits per heavy atom. The molecule has 0 amide bonds. The Morgan fingerprint density at radius 1 is 1.20 bits per heavy atom. The van der Waals surface area contributed by atoms with Crippen LogP contribution in [0, 0.1) is 27.7 Å². The molecule has 0 bridgehead atoms. The van der Waals surface area contributed by atoms with Crippen molar-refractivity contribution in [1.82, 2.24) is 4.98 Å². The molecule has 2 aromatic rings. The molecule has 0 atom stereocenters. The van der Waals surface area contributed by atoms with E-state index in [-0.39, 0.29) is 4.90 Å².